The average molecular weight is 253 g/mol. The molecule has 2 rings (SSSR count). The minimum Gasteiger partial charge on any atom is -0.313 e. The maximum absolute atomic E-state index is 4.61. The van der Waals surface area contributed by atoms with Crippen LogP contribution in [0.25, 0.3) is 0 Å². The van der Waals surface area contributed by atoms with Crippen molar-refractivity contribution in [3.63, 3.8) is 0 Å². The van der Waals surface area contributed by atoms with Crippen LogP contribution in [0.2, 0.25) is 0 Å². The van der Waals surface area contributed by atoms with Gasteiger partial charge in [-0.1, -0.05) is 6.92 Å². The van der Waals surface area contributed by atoms with Crippen molar-refractivity contribution in [3.05, 3.63) is 16.1 Å². The molecule has 1 aromatic rings. The maximum Gasteiger partial charge on any atom is 0.0898 e. The molecule has 1 saturated heterocycles. The number of hydrogen-bond donors (Lipinski definition) is 1. The Bertz CT molecular complexity index is 344. The van der Waals surface area contributed by atoms with E-state index in [1.54, 1.807) is 11.3 Å². The summed E-state index contributed by atoms with van der Waals surface area (Å²) in [5.74, 6) is 0. The predicted octanol–water partition coefficient (Wildman–Crippen LogP) is 2.59. The second kappa shape index (κ2) is 5.94. The summed E-state index contributed by atoms with van der Waals surface area (Å²) in [6.45, 7) is 10.0. The van der Waals surface area contributed by atoms with Crippen LogP contribution in [0.5, 0.6) is 0 Å². The highest BCUT2D eigenvalue weighted by Crippen LogP contribution is 2.22. The van der Waals surface area contributed by atoms with Crippen LogP contribution in [0, 0.1) is 6.92 Å². The van der Waals surface area contributed by atoms with Crippen molar-refractivity contribution in [2.24, 2.45) is 0 Å². The van der Waals surface area contributed by atoms with Crippen molar-refractivity contribution in [2.45, 2.75) is 45.7 Å². The molecule has 3 nitrogen and oxygen atoms in total. The van der Waals surface area contributed by atoms with Gasteiger partial charge in [0, 0.05) is 18.0 Å². The highest BCUT2D eigenvalue weighted by molar-refractivity contribution is 7.09. The number of aryl methyl sites for hydroxylation is 1. The van der Waals surface area contributed by atoms with Gasteiger partial charge in [-0.15, -0.1) is 11.3 Å². The molecule has 0 aromatic carbocycles. The summed E-state index contributed by atoms with van der Waals surface area (Å²) in [7, 11) is 0. The lowest BCUT2D eigenvalue weighted by atomic mass is 10.1. The predicted molar refractivity (Wildman–Crippen MR) is 73.5 cm³/mol. The average Bonchev–Trinajstić information content (AvgIpc) is 2.96. The maximum atomic E-state index is 4.61. The van der Waals surface area contributed by atoms with Crippen LogP contribution in [-0.2, 0) is 0 Å². The summed E-state index contributed by atoms with van der Waals surface area (Å²) in [5, 5.41) is 6.94. The highest BCUT2D eigenvalue weighted by atomic mass is 32.1. The van der Waals surface area contributed by atoms with E-state index in [-0.39, 0.29) is 0 Å². The lowest BCUT2D eigenvalue weighted by Crippen LogP contribution is -2.38. The molecule has 0 saturated carbocycles. The van der Waals surface area contributed by atoms with E-state index < -0.39 is 0 Å². The van der Waals surface area contributed by atoms with Crippen molar-refractivity contribution < 1.29 is 0 Å². The molecule has 0 radical (unpaired) electrons. The molecular formula is C13H23N3S. The normalized spacial score (nSPS) is 22.2. The number of nitrogens with one attached hydrogen (secondary N) is 1. The number of hydrogen-bond acceptors (Lipinski definition) is 4. The first-order chi connectivity index (χ1) is 8.20. The van der Waals surface area contributed by atoms with E-state index in [0.717, 1.165) is 13.1 Å². The van der Waals surface area contributed by atoms with Crippen LogP contribution < -0.4 is 5.32 Å². The Labute approximate surface area is 108 Å². The van der Waals surface area contributed by atoms with Gasteiger partial charge in [0.2, 0.25) is 0 Å². The molecule has 2 atom stereocenters. The minimum atomic E-state index is 0.437. The Morgan fingerprint density at radius 1 is 1.65 bits per heavy atom. The first-order valence-corrected chi connectivity index (χ1v) is 7.48. The number of rotatable bonds is 5. The molecule has 0 amide bonds. The molecule has 2 unspecified atom stereocenters. The third-order valence-corrected chi connectivity index (χ3v) is 4.43. The Morgan fingerprint density at radius 3 is 3.00 bits per heavy atom. The largest absolute Gasteiger partial charge is 0.313 e. The molecule has 1 aliphatic rings. The van der Waals surface area contributed by atoms with E-state index in [9.17, 15) is 0 Å². The van der Waals surface area contributed by atoms with E-state index >= 15 is 0 Å². The Balaban J connectivity index is 1.96. The van der Waals surface area contributed by atoms with Crippen LogP contribution in [0.4, 0.5) is 0 Å². The molecule has 2 heterocycles. The molecule has 96 valence electrons. The minimum absolute atomic E-state index is 0.437. The number of nitrogens with zero attached hydrogens (tertiary/aromatic N) is 2. The summed E-state index contributed by atoms with van der Waals surface area (Å²) in [6.07, 6.45) is 2.64. The van der Waals surface area contributed by atoms with Crippen LogP contribution in [-0.4, -0.2) is 35.6 Å². The Hall–Kier alpha value is -0.450. The summed E-state index contributed by atoms with van der Waals surface area (Å²) in [4.78, 5) is 7.14. The molecule has 1 aliphatic heterocycles. The second-order valence-electron chi connectivity index (χ2n) is 4.85. The van der Waals surface area contributed by atoms with Crippen molar-refractivity contribution in [1.82, 2.24) is 15.2 Å². The van der Waals surface area contributed by atoms with Crippen LogP contribution >= 0.6 is 11.3 Å². The van der Waals surface area contributed by atoms with Crippen LogP contribution in [0.3, 0.4) is 0 Å². The fourth-order valence-electron chi connectivity index (χ4n) is 2.52. The first-order valence-electron chi connectivity index (χ1n) is 6.60. The van der Waals surface area contributed by atoms with Gasteiger partial charge in [0.15, 0.2) is 0 Å². The van der Waals surface area contributed by atoms with Gasteiger partial charge in [0.1, 0.15) is 0 Å². The molecule has 0 bridgehead atoms. The molecule has 17 heavy (non-hydrogen) atoms. The van der Waals surface area contributed by atoms with Crippen molar-refractivity contribution >= 4 is 11.3 Å². The fourth-order valence-corrected chi connectivity index (χ4v) is 3.21. The van der Waals surface area contributed by atoms with E-state index in [2.05, 4.69) is 41.4 Å². The van der Waals surface area contributed by atoms with E-state index in [0.29, 0.717) is 12.1 Å². The smallest absolute Gasteiger partial charge is 0.0898 e. The molecule has 1 aromatic heterocycles. The third-order valence-electron chi connectivity index (χ3n) is 3.64. The number of likely N-dealkylation sites (N-methyl/N-ethyl adjacent to an activating group) is 1. The monoisotopic (exact) mass is 253 g/mol. The quantitative estimate of drug-likeness (QED) is 0.874. The van der Waals surface area contributed by atoms with Gasteiger partial charge in [-0.05, 0) is 39.8 Å². The fraction of sp³-hybridized carbons (Fsp3) is 0.769. The molecule has 0 spiro atoms. The Morgan fingerprint density at radius 2 is 2.47 bits per heavy atom. The molecular weight excluding hydrogens is 230 g/mol. The zero-order valence-electron chi connectivity index (χ0n) is 11.1. The number of aromatic nitrogens is 1. The topological polar surface area (TPSA) is 28.2 Å². The van der Waals surface area contributed by atoms with Gasteiger partial charge < -0.3 is 5.32 Å². The standard InChI is InChI=1S/C13H23N3S/c1-4-16(8-12-6-5-7-14-12)10(2)13-9-17-11(3)15-13/h9-10,12,14H,4-8H2,1-3H3. The van der Waals surface area contributed by atoms with Crippen molar-refractivity contribution in [1.29, 1.82) is 0 Å². The lowest BCUT2D eigenvalue weighted by molar-refractivity contribution is 0.199. The first kappa shape index (κ1) is 13.0. The third kappa shape index (κ3) is 3.27. The molecule has 1 N–H and O–H groups in total. The summed E-state index contributed by atoms with van der Waals surface area (Å²) in [5.41, 5.74) is 1.23. The van der Waals surface area contributed by atoms with Gasteiger partial charge in [0.25, 0.3) is 0 Å². The summed E-state index contributed by atoms with van der Waals surface area (Å²) in [6, 6.07) is 1.12. The van der Waals surface area contributed by atoms with Gasteiger partial charge in [-0.3, -0.25) is 4.90 Å². The zero-order valence-corrected chi connectivity index (χ0v) is 11.9. The Kier molecular flexibility index (Phi) is 4.54. The second-order valence-corrected chi connectivity index (χ2v) is 5.91. The van der Waals surface area contributed by atoms with Crippen LogP contribution in [0.15, 0.2) is 5.38 Å². The molecule has 1 fully saturated rings. The SMILES string of the molecule is CCN(CC1CCCN1)C(C)c1csc(C)n1. The molecule has 0 aliphatic carbocycles. The van der Waals surface area contributed by atoms with Crippen LogP contribution in [0.1, 0.15) is 43.4 Å². The van der Waals surface area contributed by atoms with Crippen molar-refractivity contribution in [2.75, 3.05) is 19.6 Å². The van der Waals surface area contributed by atoms with Gasteiger partial charge in [0.05, 0.1) is 16.7 Å². The molecule has 4 heteroatoms. The van der Waals surface area contributed by atoms with E-state index in [1.807, 2.05) is 0 Å². The van der Waals surface area contributed by atoms with Gasteiger partial charge >= 0.3 is 0 Å². The van der Waals surface area contributed by atoms with Crippen molar-refractivity contribution in [3.8, 4) is 0 Å². The highest BCUT2D eigenvalue weighted by Gasteiger charge is 2.22. The van der Waals surface area contributed by atoms with Gasteiger partial charge in [-0.25, -0.2) is 4.98 Å². The lowest BCUT2D eigenvalue weighted by Gasteiger charge is -2.29. The van der Waals surface area contributed by atoms with E-state index in [1.165, 1.54) is 30.1 Å². The van der Waals surface area contributed by atoms with E-state index in [4.69, 9.17) is 0 Å². The van der Waals surface area contributed by atoms with Gasteiger partial charge in [-0.2, -0.15) is 0 Å². The number of thiazole rings is 1. The summed E-state index contributed by atoms with van der Waals surface area (Å²) >= 11 is 1.75. The summed E-state index contributed by atoms with van der Waals surface area (Å²) < 4.78 is 0. The zero-order chi connectivity index (χ0) is 12.3.